The van der Waals surface area contributed by atoms with Crippen LogP contribution in [-0.2, 0) is 14.3 Å². The highest BCUT2D eigenvalue weighted by atomic mass is 16.5. The summed E-state index contributed by atoms with van der Waals surface area (Å²) in [4.78, 5) is 46.5. The maximum Gasteiger partial charge on any atom is 0.309 e. The molecule has 0 N–H and O–H groups in total. The molecule has 36 heavy (non-hydrogen) atoms. The molecule has 9 heteroatoms. The van der Waals surface area contributed by atoms with E-state index in [9.17, 15) is 14.4 Å². The van der Waals surface area contributed by atoms with Gasteiger partial charge in [-0.15, -0.1) is 0 Å². The quantitative estimate of drug-likeness (QED) is 0.469. The number of hydrogen-bond acceptors (Lipinski definition) is 6. The maximum atomic E-state index is 13.6. The molecule has 190 valence electrons. The zero-order chi connectivity index (χ0) is 25.8. The summed E-state index contributed by atoms with van der Waals surface area (Å²) >= 11 is 0. The second-order valence-corrected chi connectivity index (χ2v) is 9.41. The minimum atomic E-state index is -0.266. The summed E-state index contributed by atoms with van der Waals surface area (Å²) in [6.07, 6.45) is 2.81. The van der Waals surface area contributed by atoms with Gasteiger partial charge in [0.2, 0.25) is 5.91 Å². The molecule has 1 aliphatic rings. The summed E-state index contributed by atoms with van der Waals surface area (Å²) in [5.41, 5.74) is 2.67. The number of likely N-dealkylation sites (N-methyl/N-ethyl adjacent to an activating group) is 1. The normalized spacial score (nSPS) is 14.3. The Morgan fingerprint density at radius 3 is 2.47 bits per heavy atom. The van der Waals surface area contributed by atoms with Crippen LogP contribution >= 0.6 is 0 Å². The number of carbonyl (C=O) groups is 3. The van der Waals surface area contributed by atoms with Gasteiger partial charge in [-0.25, -0.2) is 9.67 Å². The summed E-state index contributed by atoms with van der Waals surface area (Å²) in [6, 6.07) is 11.5. The number of aromatic nitrogens is 3. The van der Waals surface area contributed by atoms with Gasteiger partial charge in [0, 0.05) is 31.7 Å². The molecule has 2 aromatic heterocycles. The third kappa shape index (κ3) is 5.24. The van der Waals surface area contributed by atoms with E-state index >= 15 is 0 Å². The van der Waals surface area contributed by atoms with Gasteiger partial charge in [-0.05, 0) is 39.7 Å². The van der Waals surface area contributed by atoms with Crippen molar-refractivity contribution >= 4 is 28.8 Å². The van der Waals surface area contributed by atoms with Gasteiger partial charge >= 0.3 is 5.97 Å². The van der Waals surface area contributed by atoms with E-state index in [0.717, 1.165) is 5.56 Å². The van der Waals surface area contributed by atoms with Crippen LogP contribution in [-0.4, -0.2) is 75.6 Å². The molecular weight excluding hydrogens is 458 g/mol. The van der Waals surface area contributed by atoms with Crippen LogP contribution in [0.2, 0.25) is 0 Å². The largest absolute Gasteiger partial charge is 0.466 e. The molecule has 2 amide bonds. The van der Waals surface area contributed by atoms with Crippen molar-refractivity contribution in [3.05, 3.63) is 48.2 Å². The first-order chi connectivity index (χ1) is 17.3. The molecule has 1 saturated heterocycles. The minimum absolute atomic E-state index is 0.0499. The molecule has 4 rings (SSSR count). The maximum absolute atomic E-state index is 13.6. The summed E-state index contributed by atoms with van der Waals surface area (Å²) in [6.45, 7) is 7.07. The average molecular weight is 492 g/mol. The van der Waals surface area contributed by atoms with Crippen molar-refractivity contribution in [2.75, 3.05) is 33.3 Å². The zero-order valence-electron chi connectivity index (χ0n) is 21.3. The van der Waals surface area contributed by atoms with Crippen molar-refractivity contribution in [2.24, 2.45) is 5.92 Å². The lowest BCUT2D eigenvalue weighted by molar-refractivity contribution is -0.151. The van der Waals surface area contributed by atoms with Gasteiger partial charge in [-0.1, -0.05) is 30.3 Å². The van der Waals surface area contributed by atoms with E-state index < -0.39 is 0 Å². The lowest BCUT2D eigenvalue weighted by Gasteiger charge is -2.32. The van der Waals surface area contributed by atoms with Gasteiger partial charge in [0.05, 0.1) is 41.9 Å². The molecule has 1 aliphatic heterocycles. The monoisotopic (exact) mass is 491 g/mol. The fraction of sp³-hybridized carbons (Fsp3) is 0.444. The number of pyridine rings is 1. The van der Waals surface area contributed by atoms with Crippen LogP contribution < -0.4 is 0 Å². The van der Waals surface area contributed by atoms with Gasteiger partial charge in [-0.2, -0.15) is 5.10 Å². The van der Waals surface area contributed by atoms with Crippen LogP contribution in [0.25, 0.3) is 22.3 Å². The van der Waals surface area contributed by atoms with E-state index in [2.05, 4.69) is 5.10 Å². The van der Waals surface area contributed by atoms with Crippen molar-refractivity contribution < 1.29 is 19.1 Å². The van der Waals surface area contributed by atoms with Crippen LogP contribution in [0.15, 0.2) is 42.6 Å². The van der Waals surface area contributed by atoms with Gasteiger partial charge in [0.25, 0.3) is 5.91 Å². The molecule has 9 nitrogen and oxygen atoms in total. The predicted octanol–water partition coefficient (Wildman–Crippen LogP) is 3.55. The van der Waals surface area contributed by atoms with Crippen LogP contribution in [0.5, 0.6) is 0 Å². The Bertz CT molecular complexity index is 1250. The number of esters is 1. The fourth-order valence-corrected chi connectivity index (χ4v) is 4.53. The second kappa shape index (κ2) is 10.9. The van der Waals surface area contributed by atoms with Crippen LogP contribution in [0.3, 0.4) is 0 Å². The third-order valence-corrected chi connectivity index (χ3v) is 6.54. The topological polar surface area (TPSA) is 97.6 Å². The molecule has 0 aliphatic carbocycles. The van der Waals surface area contributed by atoms with Crippen molar-refractivity contribution in [3.63, 3.8) is 0 Å². The molecule has 3 heterocycles. The van der Waals surface area contributed by atoms with E-state index in [1.807, 2.05) is 44.2 Å². The number of rotatable bonds is 7. The SMILES string of the molecule is CCOC(=O)C1CCN(C(=O)CN(C)C(=O)c2cc(-c3ccccc3)nc3c2cnn3C(C)C)CC1. The molecular formula is C27H33N5O4. The summed E-state index contributed by atoms with van der Waals surface area (Å²) in [5, 5.41) is 5.13. The number of nitrogens with zero attached hydrogens (tertiary/aromatic N) is 5. The van der Waals surface area contributed by atoms with Crippen LogP contribution in [0.1, 0.15) is 50.0 Å². The number of piperidine rings is 1. The molecule has 0 unspecified atom stereocenters. The van der Waals surface area contributed by atoms with E-state index in [4.69, 9.17) is 9.72 Å². The number of ether oxygens (including phenoxy) is 1. The van der Waals surface area contributed by atoms with Crippen LogP contribution in [0.4, 0.5) is 0 Å². The number of likely N-dealkylation sites (tertiary alicyclic amines) is 1. The Hall–Kier alpha value is -3.75. The van der Waals surface area contributed by atoms with E-state index in [0.29, 0.717) is 54.8 Å². The van der Waals surface area contributed by atoms with Crippen molar-refractivity contribution in [1.29, 1.82) is 0 Å². The highest BCUT2D eigenvalue weighted by Crippen LogP contribution is 2.27. The molecule has 0 saturated carbocycles. The predicted molar refractivity (Wildman–Crippen MR) is 136 cm³/mol. The molecule has 1 fully saturated rings. The van der Waals surface area contributed by atoms with Gasteiger partial charge in [-0.3, -0.25) is 14.4 Å². The minimum Gasteiger partial charge on any atom is -0.466 e. The smallest absolute Gasteiger partial charge is 0.309 e. The van der Waals surface area contributed by atoms with E-state index in [1.165, 1.54) is 4.90 Å². The summed E-state index contributed by atoms with van der Waals surface area (Å²) in [5.74, 6) is -0.778. The zero-order valence-corrected chi connectivity index (χ0v) is 21.3. The van der Waals surface area contributed by atoms with Crippen molar-refractivity contribution in [1.82, 2.24) is 24.6 Å². The molecule has 1 aromatic carbocycles. The number of hydrogen-bond donors (Lipinski definition) is 0. The Morgan fingerprint density at radius 2 is 1.83 bits per heavy atom. The van der Waals surface area contributed by atoms with E-state index in [-0.39, 0.29) is 36.3 Å². The van der Waals surface area contributed by atoms with Crippen LogP contribution in [0, 0.1) is 5.92 Å². The first-order valence-electron chi connectivity index (χ1n) is 12.4. The summed E-state index contributed by atoms with van der Waals surface area (Å²) < 4.78 is 6.91. The fourth-order valence-electron chi connectivity index (χ4n) is 4.53. The van der Waals surface area contributed by atoms with Gasteiger partial charge in [0.1, 0.15) is 0 Å². The van der Waals surface area contributed by atoms with Gasteiger partial charge < -0.3 is 14.5 Å². The third-order valence-electron chi connectivity index (χ3n) is 6.54. The first kappa shape index (κ1) is 25.3. The average Bonchev–Trinajstić information content (AvgIpc) is 3.33. The standard InChI is InChI=1S/C27H33N5O4/c1-5-36-27(35)20-11-13-31(14-12-20)24(33)17-30(4)26(34)21-15-23(19-9-7-6-8-10-19)29-25-22(21)16-28-32(25)18(2)3/h6-10,15-16,18,20H,5,11-14,17H2,1-4H3. The highest BCUT2D eigenvalue weighted by Gasteiger charge is 2.29. The Morgan fingerprint density at radius 1 is 1.14 bits per heavy atom. The number of benzene rings is 1. The molecule has 3 aromatic rings. The number of amides is 2. The molecule has 0 atom stereocenters. The lowest BCUT2D eigenvalue weighted by Crippen LogP contribution is -2.45. The summed E-state index contributed by atoms with van der Waals surface area (Å²) in [7, 11) is 1.63. The second-order valence-electron chi connectivity index (χ2n) is 9.41. The number of fused-ring (bicyclic) bond motifs is 1. The Kier molecular flexibility index (Phi) is 7.67. The van der Waals surface area contributed by atoms with Crippen molar-refractivity contribution in [2.45, 2.75) is 39.7 Å². The molecule has 0 spiro atoms. The molecule has 0 radical (unpaired) electrons. The lowest BCUT2D eigenvalue weighted by atomic mass is 9.97. The Labute approximate surface area is 211 Å². The molecule has 0 bridgehead atoms. The van der Waals surface area contributed by atoms with Crippen molar-refractivity contribution in [3.8, 4) is 11.3 Å². The number of carbonyl (C=O) groups excluding carboxylic acids is 3. The van der Waals surface area contributed by atoms with Gasteiger partial charge in [0.15, 0.2) is 5.65 Å². The first-order valence-corrected chi connectivity index (χ1v) is 12.4. The highest BCUT2D eigenvalue weighted by molar-refractivity contribution is 6.07. The Balaban J connectivity index is 1.54. The van der Waals surface area contributed by atoms with E-state index in [1.54, 1.807) is 35.8 Å².